The molecule has 2 amide bonds. The molecule has 186 valence electrons. The molecule has 1 aromatic heterocycles. The molecule has 0 saturated carbocycles. The highest BCUT2D eigenvalue weighted by Gasteiger charge is 2.53. The number of nitrogens with one attached hydrogen (secondary N) is 1. The second kappa shape index (κ2) is 9.85. The van der Waals surface area contributed by atoms with Gasteiger partial charge in [0, 0.05) is 38.6 Å². The minimum Gasteiger partial charge on any atom is -0.486 e. The van der Waals surface area contributed by atoms with E-state index in [0.717, 1.165) is 42.3 Å². The highest BCUT2D eigenvalue weighted by molar-refractivity contribution is 6.00. The summed E-state index contributed by atoms with van der Waals surface area (Å²) in [7, 11) is 0. The zero-order valence-electron chi connectivity index (χ0n) is 20.5. The highest BCUT2D eigenvalue weighted by atomic mass is 16.6. The Morgan fingerprint density at radius 2 is 1.71 bits per heavy atom. The summed E-state index contributed by atoms with van der Waals surface area (Å²) < 4.78 is 11.4. The van der Waals surface area contributed by atoms with Gasteiger partial charge in [0.2, 0.25) is 11.8 Å². The van der Waals surface area contributed by atoms with Crippen LogP contribution in [0.1, 0.15) is 44.2 Å². The Labute approximate surface area is 206 Å². The molecule has 0 aliphatic carbocycles. The Balaban J connectivity index is 1.33. The van der Waals surface area contributed by atoms with Crippen molar-refractivity contribution >= 4 is 11.8 Å². The summed E-state index contributed by atoms with van der Waals surface area (Å²) in [6.45, 7) is 7.95. The third-order valence-electron chi connectivity index (χ3n) is 7.30. The Bertz CT molecular complexity index is 1070. The lowest BCUT2D eigenvalue weighted by molar-refractivity contribution is -0.162. The largest absolute Gasteiger partial charge is 0.486 e. The summed E-state index contributed by atoms with van der Waals surface area (Å²) in [5.41, 5.74) is 1.32. The van der Waals surface area contributed by atoms with Crippen molar-refractivity contribution in [2.75, 3.05) is 26.3 Å². The lowest BCUT2D eigenvalue weighted by Gasteiger charge is -2.52. The Kier molecular flexibility index (Phi) is 6.65. The van der Waals surface area contributed by atoms with E-state index in [1.807, 2.05) is 29.2 Å². The van der Waals surface area contributed by atoms with Crippen LogP contribution in [0.3, 0.4) is 0 Å². The molecule has 1 N–H and O–H groups in total. The monoisotopic (exact) mass is 478 g/mol. The number of pyridine rings is 1. The van der Waals surface area contributed by atoms with Crippen LogP contribution in [-0.2, 0) is 22.7 Å². The number of ether oxygens (including phenoxy) is 2. The van der Waals surface area contributed by atoms with Crippen LogP contribution >= 0.6 is 0 Å². The molecule has 1 spiro atoms. The van der Waals surface area contributed by atoms with E-state index in [-0.39, 0.29) is 11.8 Å². The third kappa shape index (κ3) is 4.85. The molecule has 8 nitrogen and oxygen atoms in total. The van der Waals surface area contributed by atoms with Crippen molar-refractivity contribution in [2.24, 2.45) is 5.92 Å². The van der Waals surface area contributed by atoms with Crippen LogP contribution in [0.25, 0.3) is 0 Å². The number of piperidine rings is 1. The molecule has 0 bridgehead atoms. The summed E-state index contributed by atoms with van der Waals surface area (Å²) in [5, 5.41) is 3.08. The molecular formula is C27H34N4O4. The predicted octanol–water partition coefficient (Wildman–Crippen LogP) is 2.76. The van der Waals surface area contributed by atoms with Crippen LogP contribution in [-0.4, -0.2) is 64.5 Å². The molecule has 1 aromatic carbocycles. The van der Waals surface area contributed by atoms with Crippen molar-refractivity contribution in [3.05, 3.63) is 53.9 Å². The normalized spacial score (nSPS) is 21.9. The van der Waals surface area contributed by atoms with Gasteiger partial charge in [0.05, 0.1) is 0 Å². The SMILES string of the molecule is CC(C)CC1NC(=O)C2(CCN(Cc3ccc4c(c3)OCCO4)CC2)N(Cc2ccncc2)C1=O. The Morgan fingerprint density at radius 3 is 2.43 bits per heavy atom. The van der Waals surface area contributed by atoms with Gasteiger partial charge in [0.1, 0.15) is 24.8 Å². The zero-order valence-corrected chi connectivity index (χ0v) is 20.5. The van der Waals surface area contributed by atoms with Gasteiger partial charge in [-0.3, -0.25) is 19.5 Å². The molecule has 3 aliphatic heterocycles. The van der Waals surface area contributed by atoms with E-state index in [1.165, 1.54) is 0 Å². The van der Waals surface area contributed by atoms with Crippen LogP contribution in [0.2, 0.25) is 0 Å². The van der Waals surface area contributed by atoms with Gasteiger partial charge in [-0.05, 0) is 60.6 Å². The number of likely N-dealkylation sites (tertiary alicyclic amines) is 1. The predicted molar refractivity (Wildman–Crippen MR) is 131 cm³/mol. The number of fused-ring (bicyclic) bond motifs is 1. The third-order valence-corrected chi connectivity index (χ3v) is 7.30. The molecule has 2 saturated heterocycles. The number of rotatable bonds is 6. The number of carbonyl (C=O) groups excluding carboxylic acids is 2. The van der Waals surface area contributed by atoms with Gasteiger partial charge < -0.3 is 19.7 Å². The maximum atomic E-state index is 13.6. The number of aromatic nitrogens is 1. The van der Waals surface area contributed by atoms with Crippen LogP contribution in [0.15, 0.2) is 42.7 Å². The molecular weight excluding hydrogens is 444 g/mol. The van der Waals surface area contributed by atoms with E-state index in [0.29, 0.717) is 44.9 Å². The maximum Gasteiger partial charge on any atom is 0.246 e. The molecule has 35 heavy (non-hydrogen) atoms. The van der Waals surface area contributed by atoms with Crippen LogP contribution < -0.4 is 14.8 Å². The maximum absolute atomic E-state index is 13.6. The van der Waals surface area contributed by atoms with Gasteiger partial charge in [-0.2, -0.15) is 0 Å². The molecule has 1 atom stereocenters. The summed E-state index contributed by atoms with van der Waals surface area (Å²) in [5.74, 6) is 1.90. The minimum atomic E-state index is -0.822. The second-order valence-electron chi connectivity index (χ2n) is 10.2. The van der Waals surface area contributed by atoms with Gasteiger partial charge in [-0.25, -0.2) is 0 Å². The highest BCUT2D eigenvalue weighted by Crippen LogP contribution is 2.36. The van der Waals surface area contributed by atoms with Crippen LogP contribution in [0.4, 0.5) is 0 Å². The first kappa shape index (κ1) is 23.6. The number of nitrogens with zero attached hydrogens (tertiary/aromatic N) is 3. The van der Waals surface area contributed by atoms with E-state index in [2.05, 4.69) is 35.1 Å². The Hall–Kier alpha value is -3.13. The first-order valence-electron chi connectivity index (χ1n) is 12.6. The lowest BCUT2D eigenvalue weighted by atomic mass is 9.80. The molecule has 3 aliphatic rings. The lowest BCUT2D eigenvalue weighted by Crippen LogP contribution is -2.72. The molecule has 1 unspecified atom stereocenters. The van der Waals surface area contributed by atoms with E-state index in [1.54, 1.807) is 12.4 Å². The standard InChI is InChI=1S/C27H34N4O4/c1-19(2)15-22-25(32)31(18-20-5-9-28-10-6-20)27(26(33)29-22)7-11-30(12-8-27)17-21-3-4-23-24(16-21)35-14-13-34-23/h3-6,9-10,16,19,22H,7-8,11-15,17-18H2,1-2H3,(H,29,33). The fourth-order valence-corrected chi connectivity index (χ4v) is 5.43. The number of piperazine rings is 1. The van der Waals surface area contributed by atoms with Gasteiger partial charge >= 0.3 is 0 Å². The average molecular weight is 479 g/mol. The summed E-state index contributed by atoms with van der Waals surface area (Å²) in [6, 6.07) is 9.45. The van der Waals surface area contributed by atoms with Gasteiger partial charge in [0.25, 0.3) is 0 Å². The number of carbonyl (C=O) groups is 2. The summed E-state index contributed by atoms with van der Waals surface area (Å²) in [6.07, 6.45) is 5.32. The van der Waals surface area contributed by atoms with E-state index in [9.17, 15) is 9.59 Å². The van der Waals surface area contributed by atoms with Crippen molar-refractivity contribution < 1.29 is 19.1 Å². The second-order valence-corrected chi connectivity index (χ2v) is 10.2. The minimum absolute atomic E-state index is 0.0178. The first-order chi connectivity index (χ1) is 16.9. The number of hydrogen-bond donors (Lipinski definition) is 1. The number of benzene rings is 1. The van der Waals surface area contributed by atoms with E-state index >= 15 is 0 Å². The van der Waals surface area contributed by atoms with Crippen molar-refractivity contribution in [3.8, 4) is 11.5 Å². The van der Waals surface area contributed by atoms with Crippen molar-refractivity contribution in [2.45, 2.75) is 57.8 Å². The molecule has 4 heterocycles. The Morgan fingerprint density at radius 1 is 1.00 bits per heavy atom. The zero-order chi connectivity index (χ0) is 24.4. The average Bonchev–Trinajstić information content (AvgIpc) is 2.87. The summed E-state index contributed by atoms with van der Waals surface area (Å²) in [4.78, 5) is 35.5. The molecule has 2 aromatic rings. The summed E-state index contributed by atoms with van der Waals surface area (Å²) >= 11 is 0. The van der Waals surface area contributed by atoms with Gasteiger partial charge in [-0.1, -0.05) is 19.9 Å². The van der Waals surface area contributed by atoms with E-state index in [4.69, 9.17) is 9.47 Å². The number of amides is 2. The van der Waals surface area contributed by atoms with Gasteiger partial charge in [0.15, 0.2) is 11.5 Å². The molecule has 2 fully saturated rings. The smallest absolute Gasteiger partial charge is 0.246 e. The number of hydrogen-bond acceptors (Lipinski definition) is 6. The fourth-order valence-electron chi connectivity index (χ4n) is 5.43. The molecule has 5 rings (SSSR count). The van der Waals surface area contributed by atoms with E-state index < -0.39 is 11.6 Å². The van der Waals surface area contributed by atoms with Crippen molar-refractivity contribution in [1.82, 2.24) is 20.1 Å². The van der Waals surface area contributed by atoms with Crippen molar-refractivity contribution in [3.63, 3.8) is 0 Å². The van der Waals surface area contributed by atoms with Crippen LogP contribution in [0.5, 0.6) is 11.5 Å². The van der Waals surface area contributed by atoms with Gasteiger partial charge in [-0.15, -0.1) is 0 Å². The molecule has 8 heteroatoms. The van der Waals surface area contributed by atoms with Crippen LogP contribution in [0, 0.1) is 5.92 Å². The fraction of sp³-hybridized carbons (Fsp3) is 0.519. The first-order valence-corrected chi connectivity index (χ1v) is 12.6. The molecule has 0 radical (unpaired) electrons. The topological polar surface area (TPSA) is 84.0 Å². The quantitative estimate of drug-likeness (QED) is 0.688. The van der Waals surface area contributed by atoms with Crippen molar-refractivity contribution in [1.29, 1.82) is 0 Å².